The Morgan fingerprint density at radius 1 is 1.21 bits per heavy atom. The molecule has 2 aromatic heterocycles. The van der Waals surface area contributed by atoms with Gasteiger partial charge in [0.05, 0.1) is 0 Å². The smallest absolute Gasteiger partial charge is 0.315 e. The van der Waals surface area contributed by atoms with Gasteiger partial charge in [0, 0.05) is 29.7 Å². The first kappa shape index (κ1) is 13.1. The first-order valence-corrected chi connectivity index (χ1v) is 6.37. The molecule has 0 bridgehead atoms. The molecule has 2 heterocycles. The second kappa shape index (κ2) is 5.56. The van der Waals surface area contributed by atoms with Crippen molar-refractivity contribution >= 4 is 16.9 Å². The summed E-state index contributed by atoms with van der Waals surface area (Å²) in [6.07, 6.45) is 1.99. The van der Waals surface area contributed by atoms with Gasteiger partial charge in [-0.1, -0.05) is 18.9 Å². The Morgan fingerprint density at radius 3 is 2.68 bits per heavy atom. The standard InChI is InChI=1S/C12H12N4O.C2H6/c1-7-6-14-10-4-3-8(5-9(7)10)11-15-16-12(13-2)17-11;1-2/h3-6,14H,1-2H3,(H,13,16);1-2H3. The minimum atomic E-state index is 0.422. The molecule has 0 spiro atoms. The molecule has 2 N–H and O–H groups in total. The van der Waals surface area contributed by atoms with E-state index in [-0.39, 0.29) is 0 Å². The maximum atomic E-state index is 5.44. The Morgan fingerprint density at radius 2 is 2.00 bits per heavy atom. The second-order valence-corrected chi connectivity index (χ2v) is 3.89. The maximum absolute atomic E-state index is 5.44. The van der Waals surface area contributed by atoms with Gasteiger partial charge in [-0.05, 0) is 30.7 Å². The highest BCUT2D eigenvalue weighted by atomic mass is 16.4. The predicted octanol–water partition coefficient (Wildman–Crippen LogP) is 3.59. The van der Waals surface area contributed by atoms with E-state index in [1.54, 1.807) is 7.05 Å². The number of fused-ring (bicyclic) bond motifs is 1. The zero-order valence-corrected chi connectivity index (χ0v) is 11.6. The highest BCUT2D eigenvalue weighted by Crippen LogP contribution is 2.25. The van der Waals surface area contributed by atoms with Crippen LogP contribution < -0.4 is 5.32 Å². The number of nitrogens with zero attached hydrogens (tertiary/aromatic N) is 2. The Hall–Kier alpha value is -2.30. The van der Waals surface area contributed by atoms with Gasteiger partial charge in [-0.2, -0.15) is 0 Å². The SMILES string of the molecule is CC.CNc1nnc(-c2ccc3[nH]cc(C)c3c2)o1. The zero-order chi connectivity index (χ0) is 13.8. The van der Waals surface area contributed by atoms with E-state index in [2.05, 4.69) is 27.4 Å². The van der Waals surface area contributed by atoms with E-state index in [1.807, 2.05) is 38.2 Å². The number of hydrogen-bond donors (Lipinski definition) is 2. The van der Waals surface area contributed by atoms with Crippen LogP contribution in [0.4, 0.5) is 6.01 Å². The van der Waals surface area contributed by atoms with E-state index < -0.39 is 0 Å². The minimum Gasteiger partial charge on any atom is -0.403 e. The van der Waals surface area contributed by atoms with Crippen LogP contribution in [-0.2, 0) is 0 Å². The molecule has 0 aliphatic carbocycles. The van der Waals surface area contributed by atoms with Crippen LogP contribution >= 0.6 is 0 Å². The van der Waals surface area contributed by atoms with Crippen LogP contribution in [0.1, 0.15) is 19.4 Å². The fourth-order valence-corrected chi connectivity index (χ4v) is 1.83. The van der Waals surface area contributed by atoms with Crippen LogP contribution in [-0.4, -0.2) is 22.2 Å². The van der Waals surface area contributed by atoms with E-state index in [9.17, 15) is 0 Å². The Labute approximate surface area is 112 Å². The highest BCUT2D eigenvalue weighted by molar-refractivity contribution is 5.86. The van der Waals surface area contributed by atoms with Gasteiger partial charge in [0.25, 0.3) is 0 Å². The van der Waals surface area contributed by atoms with Gasteiger partial charge < -0.3 is 14.7 Å². The molecule has 0 radical (unpaired) electrons. The quantitative estimate of drug-likeness (QED) is 0.737. The molecule has 0 amide bonds. The maximum Gasteiger partial charge on any atom is 0.315 e. The Balaban J connectivity index is 0.000000637. The molecule has 100 valence electrons. The first-order chi connectivity index (χ1) is 9.28. The summed E-state index contributed by atoms with van der Waals surface area (Å²) < 4.78 is 5.44. The van der Waals surface area contributed by atoms with Gasteiger partial charge >= 0.3 is 6.01 Å². The number of rotatable bonds is 2. The van der Waals surface area contributed by atoms with Gasteiger partial charge in [-0.3, -0.25) is 0 Å². The summed E-state index contributed by atoms with van der Waals surface area (Å²) in [7, 11) is 1.75. The van der Waals surface area contributed by atoms with Crippen LogP contribution in [0.25, 0.3) is 22.4 Å². The molecule has 5 nitrogen and oxygen atoms in total. The number of aromatic nitrogens is 3. The number of benzene rings is 1. The molecule has 1 aromatic carbocycles. The van der Waals surface area contributed by atoms with Gasteiger partial charge in [0.15, 0.2) is 0 Å². The third-order valence-corrected chi connectivity index (χ3v) is 2.77. The summed E-state index contributed by atoms with van der Waals surface area (Å²) in [5.74, 6) is 0.525. The summed E-state index contributed by atoms with van der Waals surface area (Å²) >= 11 is 0. The van der Waals surface area contributed by atoms with Crippen molar-refractivity contribution in [1.29, 1.82) is 0 Å². The van der Waals surface area contributed by atoms with Crippen molar-refractivity contribution < 1.29 is 4.42 Å². The lowest BCUT2D eigenvalue weighted by Crippen LogP contribution is -1.85. The van der Waals surface area contributed by atoms with E-state index in [4.69, 9.17) is 4.42 Å². The molecule has 0 saturated carbocycles. The van der Waals surface area contributed by atoms with Gasteiger partial charge in [0.1, 0.15) is 0 Å². The van der Waals surface area contributed by atoms with E-state index in [0.29, 0.717) is 11.9 Å². The molecule has 5 heteroatoms. The van der Waals surface area contributed by atoms with Crippen molar-refractivity contribution in [3.05, 3.63) is 30.0 Å². The summed E-state index contributed by atoms with van der Waals surface area (Å²) in [6.45, 7) is 6.06. The van der Waals surface area contributed by atoms with Crippen molar-refractivity contribution in [3.8, 4) is 11.5 Å². The summed E-state index contributed by atoms with van der Waals surface area (Å²) in [6, 6.07) is 6.45. The van der Waals surface area contributed by atoms with E-state index >= 15 is 0 Å². The lowest BCUT2D eigenvalue weighted by molar-refractivity contribution is 0.585. The van der Waals surface area contributed by atoms with Gasteiger partial charge in [0.2, 0.25) is 5.89 Å². The highest BCUT2D eigenvalue weighted by Gasteiger charge is 2.09. The van der Waals surface area contributed by atoms with Crippen LogP contribution in [0.15, 0.2) is 28.8 Å². The third kappa shape index (κ3) is 2.45. The average Bonchev–Trinajstić information content (AvgIpc) is 3.08. The number of nitrogens with one attached hydrogen (secondary N) is 2. The molecular formula is C14H18N4O. The molecule has 0 atom stereocenters. The molecule has 0 fully saturated rings. The van der Waals surface area contributed by atoms with Gasteiger partial charge in [-0.15, -0.1) is 5.10 Å². The number of anilines is 1. The second-order valence-electron chi connectivity index (χ2n) is 3.89. The van der Waals surface area contributed by atoms with Gasteiger partial charge in [-0.25, -0.2) is 0 Å². The van der Waals surface area contributed by atoms with Crippen LogP contribution in [0.3, 0.4) is 0 Å². The summed E-state index contributed by atoms with van der Waals surface area (Å²) in [4.78, 5) is 3.20. The Kier molecular flexibility index (Phi) is 3.85. The summed E-state index contributed by atoms with van der Waals surface area (Å²) in [5.41, 5.74) is 3.24. The van der Waals surface area contributed by atoms with Crippen molar-refractivity contribution in [2.75, 3.05) is 12.4 Å². The van der Waals surface area contributed by atoms with Crippen molar-refractivity contribution in [2.24, 2.45) is 0 Å². The molecule has 0 aliphatic rings. The topological polar surface area (TPSA) is 66.7 Å². The number of aromatic amines is 1. The number of hydrogen-bond acceptors (Lipinski definition) is 4. The molecular weight excluding hydrogens is 240 g/mol. The van der Waals surface area contributed by atoms with E-state index in [0.717, 1.165) is 11.1 Å². The molecule has 19 heavy (non-hydrogen) atoms. The monoisotopic (exact) mass is 258 g/mol. The van der Waals surface area contributed by atoms with Crippen molar-refractivity contribution in [3.63, 3.8) is 0 Å². The molecule has 0 aliphatic heterocycles. The van der Waals surface area contributed by atoms with Crippen LogP contribution in [0.2, 0.25) is 0 Å². The Bertz CT molecular complexity index is 669. The molecule has 3 aromatic rings. The molecule has 3 rings (SSSR count). The first-order valence-electron chi connectivity index (χ1n) is 6.37. The normalized spacial score (nSPS) is 10.1. The average molecular weight is 258 g/mol. The number of aryl methyl sites for hydroxylation is 1. The fourth-order valence-electron chi connectivity index (χ4n) is 1.83. The zero-order valence-electron chi connectivity index (χ0n) is 11.6. The molecule has 0 saturated heterocycles. The minimum absolute atomic E-state index is 0.422. The number of H-pyrrole nitrogens is 1. The molecule has 0 unspecified atom stereocenters. The van der Waals surface area contributed by atoms with Crippen molar-refractivity contribution in [1.82, 2.24) is 15.2 Å². The summed E-state index contributed by atoms with van der Waals surface area (Å²) in [5, 5.41) is 11.8. The largest absolute Gasteiger partial charge is 0.403 e. The van der Waals surface area contributed by atoms with E-state index in [1.165, 1.54) is 10.9 Å². The lowest BCUT2D eigenvalue weighted by Gasteiger charge is -1.96. The predicted molar refractivity (Wildman–Crippen MR) is 77.2 cm³/mol. The van der Waals surface area contributed by atoms with Crippen LogP contribution in [0.5, 0.6) is 0 Å². The van der Waals surface area contributed by atoms with Crippen LogP contribution in [0, 0.1) is 6.92 Å². The lowest BCUT2D eigenvalue weighted by atomic mass is 10.1. The third-order valence-electron chi connectivity index (χ3n) is 2.77. The van der Waals surface area contributed by atoms with Crippen molar-refractivity contribution in [2.45, 2.75) is 20.8 Å². The fraction of sp³-hybridized carbons (Fsp3) is 0.286.